The van der Waals surface area contributed by atoms with E-state index in [9.17, 15) is 9.59 Å². The highest BCUT2D eigenvalue weighted by Crippen LogP contribution is 2.71. The molecule has 2 saturated carbocycles. The normalized spacial score (nSPS) is 50.9. The second-order valence-electron chi connectivity index (χ2n) is 6.83. The van der Waals surface area contributed by atoms with Gasteiger partial charge in [-0.25, -0.2) is 0 Å². The minimum atomic E-state index is -0.693. The van der Waals surface area contributed by atoms with Gasteiger partial charge in [-0.2, -0.15) is 0 Å². The lowest BCUT2D eigenvalue weighted by Crippen LogP contribution is -2.61. The number of carbonyl (C=O) groups excluding carboxylic acids is 2. The van der Waals surface area contributed by atoms with Crippen molar-refractivity contribution in [3.8, 4) is 0 Å². The van der Waals surface area contributed by atoms with Crippen LogP contribution >= 0.6 is 0 Å². The van der Waals surface area contributed by atoms with Crippen LogP contribution in [0.4, 0.5) is 0 Å². The van der Waals surface area contributed by atoms with Gasteiger partial charge in [0.05, 0.1) is 17.9 Å². The molecule has 5 atom stereocenters. The van der Waals surface area contributed by atoms with Crippen LogP contribution in [0, 0.1) is 28.1 Å². The molecule has 0 aromatic carbocycles. The standard InChI is InChI=1S/C16H22O3/c1-11-4-5-12-14(2,13(18)19-3)15(10-17)6-8-16(11,12)9-7-15/h6,8,10-12H,4-5,7,9H2,1-3H3/t11-,12?,14-,15+,16-/m1/s1. The molecule has 3 heteroatoms. The molecule has 0 amide bonds. The molecule has 1 unspecified atom stereocenters. The van der Waals surface area contributed by atoms with Crippen molar-refractivity contribution in [2.75, 3.05) is 7.11 Å². The van der Waals surface area contributed by atoms with Crippen LogP contribution in [0.15, 0.2) is 12.2 Å². The SMILES string of the molecule is COC(=O)[C@@]1(C)C2CC[C@@H](C)[C@]23C=C[C@@]1(C=O)CC3. The van der Waals surface area contributed by atoms with Crippen LogP contribution in [-0.2, 0) is 14.3 Å². The van der Waals surface area contributed by atoms with E-state index in [0.29, 0.717) is 5.92 Å². The lowest BCUT2D eigenvalue weighted by molar-refractivity contribution is -0.179. The van der Waals surface area contributed by atoms with Gasteiger partial charge in [-0.3, -0.25) is 4.79 Å². The van der Waals surface area contributed by atoms with Gasteiger partial charge in [-0.1, -0.05) is 19.1 Å². The quantitative estimate of drug-likeness (QED) is 0.436. The maximum Gasteiger partial charge on any atom is 0.313 e. The Balaban J connectivity index is 2.21. The zero-order chi connectivity index (χ0) is 13.9. The van der Waals surface area contributed by atoms with E-state index < -0.39 is 10.8 Å². The Morgan fingerprint density at radius 1 is 1.32 bits per heavy atom. The Labute approximate surface area is 114 Å². The number of aldehydes is 1. The molecule has 4 aliphatic rings. The second-order valence-corrected chi connectivity index (χ2v) is 6.83. The van der Waals surface area contributed by atoms with Crippen molar-refractivity contribution in [2.45, 2.75) is 39.5 Å². The molecule has 0 N–H and O–H groups in total. The highest BCUT2D eigenvalue weighted by Gasteiger charge is 2.70. The van der Waals surface area contributed by atoms with Gasteiger partial charge in [0.2, 0.25) is 0 Å². The third kappa shape index (κ3) is 1.20. The molecular weight excluding hydrogens is 240 g/mol. The predicted octanol–water partition coefficient (Wildman–Crippen LogP) is 2.75. The number of esters is 1. The summed E-state index contributed by atoms with van der Waals surface area (Å²) in [5.74, 6) is 0.612. The fourth-order valence-corrected chi connectivity index (χ4v) is 5.24. The molecule has 0 heterocycles. The summed E-state index contributed by atoms with van der Waals surface area (Å²) in [5, 5.41) is 0. The summed E-state index contributed by atoms with van der Waals surface area (Å²) in [6.45, 7) is 4.23. The van der Waals surface area contributed by atoms with Gasteiger partial charge in [0.25, 0.3) is 0 Å². The van der Waals surface area contributed by atoms with Gasteiger partial charge in [0.15, 0.2) is 0 Å². The van der Waals surface area contributed by atoms with E-state index in [1.165, 1.54) is 7.11 Å². The first-order valence-electron chi connectivity index (χ1n) is 7.22. The van der Waals surface area contributed by atoms with E-state index in [-0.39, 0.29) is 17.3 Å². The molecular formula is C16H22O3. The molecule has 1 spiro atoms. The zero-order valence-electron chi connectivity index (χ0n) is 11.9. The first kappa shape index (κ1) is 12.9. The number of rotatable bonds is 2. The number of hydrogen-bond donors (Lipinski definition) is 0. The smallest absolute Gasteiger partial charge is 0.313 e. The van der Waals surface area contributed by atoms with Gasteiger partial charge in [-0.05, 0) is 49.9 Å². The Hall–Kier alpha value is -1.12. The molecule has 4 rings (SSSR count). The van der Waals surface area contributed by atoms with E-state index in [0.717, 1.165) is 32.0 Å². The molecule has 0 aromatic rings. The van der Waals surface area contributed by atoms with Crippen molar-refractivity contribution in [3.05, 3.63) is 12.2 Å². The van der Waals surface area contributed by atoms with E-state index in [4.69, 9.17) is 4.74 Å². The summed E-state index contributed by atoms with van der Waals surface area (Å²) in [5.41, 5.74) is -1.24. The fourth-order valence-electron chi connectivity index (χ4n) is 5.24. The van der Waals surface area contributed by atoms with E-state index >= 15 is 0 Å². The second kappa shape index (κ2) is 3.71. The number of fused-ring (bicyclic) bond motifs is 1. The van der Waals surface area contributed by atoms with Gasteiger partial charge in [0, 0.05) is 0 Å². The number of ether oxygens (including phenoxy) is 1. The fraction of sp³-hybridized carbons (Fsp3) is 0.750. The highest BCUT2D eigenvalue weighted by atomic mass is 16.5. The van der Waals surface area contributed by atoms with Crippen molar-refractivity contribution in [1.29, 1.82) is 0 Å². The Bertz CT molecular complexity index is 469. The lowest BCUT2D eigenvalue weighted by Gasteiger charge is -2.60. The van der Waals surface area contributed by atoms with Crippen LogP contribution in [0.1, 0.15) is 39.5 Å². The summed E-state index contributed by atoms with van der Waals surface area (Å²) in [6, 6.07) is 0. The monoisotopic (exact) mass is 262 g/mol. The minimum Gasteiger partial charge on any atom is -0.469 e. The first-order valence-corrected chi connectivity index (χ1v) is 7.22. The lowest BCUT2D eigenvalue weighted by atomic mass is 9.42. The highest BCUT2D eigenvalue weighted by molar-refractivity contribution is 5.86. The summed E-state index contributed by atoms with van der Waals surface area (Å²) < 4.78 is 5.08. The van der Waals surface area contributed by atoms with Crippen LogP contribution < -0.4 is 0 Å². The van der Waals surface area contributed by atoms with Crippen LogP contribution in [0.5, 0.6) is 0 Å². The van der Waals surface area contributed by atoms with Crippen molar-refractivity contribution in [2.24, 2.45) is 28.1 Å². The predicted molar refractivity (Wildman–Crippen MR) is 71.3 cm³/mol. The van der Waals surface area contributed by atoms with Gasteiger partial charge in [0.1, 0.15) is 6.29 Å². The van der Waals surface area contributed by atoms with Crippen molar-refractivity contribution >= 4 is 12.3 Å². The summed E-state index contributed by atoms with van der Waals surface area (Å²) in [7, 11) is 1.43. The molecule has 2 fully saturated rings. The number of allylic oxidation sites excluding steroid dienone is 2. The number of hydrogen-bond acceptors (Lipinski definition) is 3. The average molecular weight is 262 g/mol. The first-order chi connectivity index (χ1) is 8.97. The molecule has 104 valence electrons. The van der Waals surface area contributed by atoms with Gasteiger partial charge >= 0.3 is 5.97 Å². The minimum absolute atomic E-state index is 0.105. The third-order valence-electron chi connectivity index (χ3n) is 6.60. The van der Waals surface area contributed by atoms with E-state index in [1.54, 1.807) is 0 Å². The van der Waals surface area contributed by atoms with Crippen molar-refractivity contribution < 1.29 is 14.3 Å². The van der Waals surface area contributed by atoms with E-state index in [1.807, 2.05) is 13.0 Å². The Kier molecular flexibility index (Phi) is 2.52. The molecule has 0 aromatic heterocycles. The van der Waals surface area contributed by atoms with Crippen LogP contribution in [0.3, 0.4) is 0 Å². The molecule has 0 radical (unpaired) electrons. The number of methoxy groups -OCH3 is 1. The summed E-state index contributed by atoms with van der Waals surface area (Å²) in [4.78, 5) is 24.3. The average Bonchev–Trinajstić information content (AvgIpc) is 2.78. The van der Waals surface area contributed by atoms with Crippen LogP contribution in [0.2, 0.25) is 0 Å². The Morgan fingerprint density at radius 3 is 2.58 bits per heavy atom. The van der Waals surface area contributed by atoms with E-state index in [2.05, 4.69) is 13.0 Å². The summed E-state index contributed by atoms with van der Waals surface area (Å²) >= 11 is 0. The van der Waals surface area contributed by atoms with Gasteiger partial charge < -0.3 is 9.53 Å². The van der Waals surface area contributed by atoms with Crippen LogP contribution in [-0.4, -0.2) is 19.4 Å². The largest absolute Gasteiger partial charge is 0.469 e. The number of carbonyl (C=O) groups is 2. The molecule has 2 bridgehead atoms. The molecule has 4 aliphatic carbocycles. The molecule has 0 saturated heterocycles. The molecule has 19 heavy (non-hydrogen) atoms. The maximum absolute atomic E-state index is 12.5. The summed E-state index contributed by atoms with van der Waals surface area (Å²) in [6.07, 6.45) is 9.21. The maximum atomic E-state index is 12.5. The molecule has 0 aliphatic heterocycles. The Morgan fingerprint density at radius 2 is 2.05 bits per heavy atom. The van der Waals surface area contributed by atoms with Crippen molar-refractivity contribution in [3.63, 3.8) is 0 Å². The third-order valence-corrected chi connectivity index (χ3v) is 6.60. The topological polar surface area (TPSA) is 43.4 Å². The van der Waals surface area contributed by atoms with Gasteiger partial charge in [-0.15, -0.1) is 0 Å². The van der Waals surface area contributed by atoms with Crippen molar-refractivity contribution in [1.82, 2.24) is 0 Å². The molecule has 3 nitrogen and oxygen atoms in total. The van der Waals surface area contributed by atoms with Crippen LogP contribution in [0.25, 0.3) is 0 Å². The zero-order valence-corrected chi connectivity index (χ0v) is 11.9.